The summed E-state index contributed by atoms with van der Waals surface area (Å²) in [6.45, 7) is 0.577. The first-order chi connectivity index (χ1) is 13.3. The highest BCUT2D eigenvalue weighted by Crippen LogP contribution is 2.35. The average Bonchev–Trinajstić information content (AvgIpc) is 3.37. The second-order valence-electron chi connectivity index (χ2n) is 6.65. The first-order valence-electron chi connectivity index (χ1n) is 9.38. The lowest BCUT2D eigenvalue weighted by Gasteiger charge is -2.14. The number of methoxy groups -OCH3 is 1. The molecule has 1 aliphatic carbocycles. The van der Waals surface area contributed by atoms with Crippen molar-refractivity contribution in [3.63, 3.8) is 0 Å². The number of ether oxygens (including phenoxy) is 1. The predicted molar refractivity (Wildman–Crippen MR) is 110 cm³/mol. The van der Waals surface area contributed by atoms with Gasteiger partial charge in [0.2, 0.25) is 0 Å². The van der Waals surface area contributed by atoms with Crippen molar-refractivity contribution in [3.05, 3.63) is 60.4 Å². The zero-order valence-corrected chi connectivity index (χ0v) is 16.3. The molecule has 1 aliphatic rings. The van der Waals surface area contributed by atoms with Gasteiger partial charge in [-0.05, 0) is 37.1 Å². The third-order valence-electron chi connectivity index (χ3n) is 4.83. The molecule has 6 heteroatoms. The van der Waals surface area contributed by atoms with Gasteiger partial charge < -0.3 is 10.1 Å². The maximum Gasteiger partial charge on any atom is 0.196 e. The van der Waals surface area contributed by atoms with Crippen molar-refractivity contribution in [2.24, 2.45) is 0 Å². The van der Waals surface area contributed by atoms with Crippen LogP contribution >= 0.6 is 11.8 Å². The molecule has 1 aromatic heterocycles. The number of hydrogen-bond acceptors (Lipinski definition) is 5. The Bertz CT molecular complexity index is 875. The summed E-state index contributed by atoms with van der Waals surface area (Å²) in [6.07, 6.45) is 5.17. The van der Waals surface area contributed by atoms with Crippen molar-refractivity contribution in [1.29, 1.82) is 0 Å². The van der Waals surface area contributed by atoms with Crippen LogP contribution in [0.4, 0.5) is 5.69 Å². The number of para-hydroxylation sites is 3. The molecule has 0 saturated heterocycles. The monoisotopic (exact) mass is 380 g/mol. The molecule has 0 spiro atoms. The fourth-order valence-corrected chi connectivity index (χ4v) is 4.72. The molecular weight excluding hydrogens is 356 g/mol. The van der Waals surface area contributed by atoms with E-state index in [2.05, 4.69) is 44.3 Å². The molecule has 1 heterocycles. The molecule has 0 radical (unpaired) electrons. The second kappa shape index (κ2) is 8.48. The maximum atomic E-state index is 5.43. The van der Waals surface area contributed by atoms with Gasteiger partial charge in [0.15, 0.2) is 11.0 Å². The van der Waals surface area contributed by atoms with Crippen LogP contribution in [0.1, 0.15) is 31.5 Å². The molecule has 3 aromatic rings. The molecule has 0 atom stereocenters. The lowest BCUT2D eigenvalue weighted by molar-refractivity contribution is 0.416. The summed E-state index contributed by atoms with van der Waals surface area (Å²) in [5.74, 6) is 1.72. The number of anilines is 1. The van der Waals surface area contributed by atoms with Gasteiger partial charge in [0, 0.05) is 10.9 Å². The zero-order valence-electron chi connectivity index (χ0n) is 15.5. The highest BCUT2D eigenvalue weighted by molar-refractivity contribution is 7.99. The lowest BCUT2D eigenvalue weighted by Crippen LogP contribution is -2.09. The third-order valence-corrected chi connectivity index (χ3v) is 6.11. The van der Waals surface area contributed by atoms with Gasteiger partial charge in [-0.3, -0.25) is 4.57 Å². The molecule has 0 bridgehead atoms. The van der Waals surface area contributed by atoms with Gasteiger partial charge in [-0.2, -0.15) is 0 Å². The Labute approximate surface area is 164 Å². The zero-order chi connectivity index (χ0) is 18.5. The van der Waals surface area contributed by atoms with E-state index in [1.807, 2.05) is 42.1 Å². The molecular formula is C21H24N4OS. The second-order valence-corrected chi connectivity index (χ2v) is 7.92. The van der Waals surface area contributed by atoms with Crippen molar-refractivity contribution < 1.29 is 4.74 Å². The number of nitrogens with zero attached hydrogens (tertiary/aromatic N) is 3. The van der Waals surface area contributed by atoms with E-state index in [-0.39, 0.29) is 0 Å². The van der Waals surface area contributed by atoms with Crippen molar-refractivity contribution in [1.82, 2.24) is 14.8 Å². The Kier molecular flexibility index (Phi) is 5.63. The van der Waals surface area contributed by atoms with E-state index in [0.717, 1.165) is 28.1 Å². The number of hydrogen-bond donors (Lipinski definition) is 1. The Hall–Kier alpha value is -2.47. The molecule has 1 N–H and O–H groups in total. The van der Waals surface area contributed by atoms with E-state index in [1.165, 1.54) is 25.7 Å². The van der Waals surface area contributed by atoms with Crippen LogP contribution in [0.15, 0.2) is 59.8 Å². The summed E-state index contributed by atoms with van der Waals surface area (Å²) in [5.41, 5.74) is 2.05. The van der Waals surface area contributed by atoms with Crippen LogP contribution in [-0.4, -0.2) is 27.1 Å². The van der Waals surface area contributed by atoms with E-state index < -0.39 is 0 Å². The van der Waals surface area contributed by atoms with Crippen LogP contribution in [-0.2, 0) is 6.54 Å². The van der Waals surface area contributed by atoms with E-state index in [9.17, 15) is 0 Å². The lowest BCUT2D eigenvalue weighted by atomic mass is 10.3. The molecule has 5 nitrogen and oxygen atoms in total. The Morgan fingerprint density at radius 2 is 1.78 bits per heavy atom. The van der Waals surface area contributed by atoms with E-state index in [1.54, 1.807) is 7.11 Å². The number of nitrogens with one attached hydrogen (secondary N) is 1. The summed E-state index contributed by atoms with van der Waals surface area (Å²) in [5, 5.41) is 14.1. The molecule has 27 heavy (non-hydrogen) atoms. The van der Waals surface area contributed by atoms with Crippen LogP contribution in [0.5, 0.6) is 5.75 Å². The molecule has 2 aromatic carbocycles. The minimum Gasteiger partial charge on any atom is -0.495 e. The van der Waals surface area contributed by atoms with Crippen molar-refractivity contribution in [2.45, 2.75) is 42.6 Å². The standard InChI is InChI=1S/C21H24N4OS/c1-26-19-14-8-7-13-18(19)22-15-20-23-24-21(27-17-11-5-6-12-17)25(20)16-9-3-2-4-10-16/h2-4,7-10,13-14,17,22H,5-6,11-12,15H2,1H3. The highest BCUT2D eigenvalue weighted by Gasteiger charge is 2.21. The van der Waals surface area contributed by atoms with Gasteiger partial charge in [-0.25, -0.2) is 0 Å². The fraction of sp³-hybridized carbons (Fsp3) is 0.333. The number of thioether (sulfide) groups is 1. The SMILES string of the molecule is COc1ccccc1NCc1nnc(SC2CCCC2)n1-c1ccccc1. The molecule has 1 fully saturated rings. The van der Waals surface area contributed by atoms with Gasteiger partial charge in [0.25, 0.3) is 0 Å². The molecule has 0 amide bonds. The summed E-state index contributed by atoms with van der Waals surface area (Å²) >= 11 is 1.86. The van der Waals surface area contributed by atoms with Crippen LogP contribution in [0.2, 0.25) is 0 Å². The summed E-state index contributed by atoms with van der Waals surface area (Å²) < 4.78 is 7.61. The maximum absolute atomic E-state index is 5.43. The Morgan fingerprint density at radius 1 is 1.04 bits per heavy atom. The Morgan fingerprint density at radius 3 is 2.56 bits per heavy atom. The van der Waals surface area contributed by atoms with Gasteiger partial charge >= 0.3 is 0 Å². The van der Waals surface area contributed by atoms with Gasteiger partial charge in [0.05, 0.1) is 19.3 Å². The van der Waals surface area contributed by atoms with Crippen molar-refractivity contribution in [3.8, 4) is 11.4 Å². The minimum atomic E-state index is 0.577. The Balaban J connectivity index is 1.60. The van der Waals surface area contributed by atoms with Crippen LogP contribution in [0.25, 0.3) is 5.69 Å². The quantitative estimate of drug-likeness (QED) is 0.630. The minimum absolute atomic E-state index is 0.577. The van der Waals surface area contributed by atoms with Gasteiger partial charge in [-0.1, -0.05) is 54.9 Å². The van der Waals surface area contributed by atoms with E-state index in [0.29, 0.717) is 11.8 Å². The predicted octanol–water partition coefficient (Wildman–Crippen LogP) is 4.92. The first-order valence-corrected chi connectivity index (χ1v) is 10.3. The van der Waals surface area contributed by atoms with E-state index in [4.69, 9.17) is 4.74 Å². The summed E-state index contributed by atoms with van der Waals surface area (Å²) in [6, 6.07) is 18.3. The van der Waals surface area contributed by atoms with Crippen LogP contribution < -0.4 is 10.1 Å². The largest absolute Gasteiger partial charge is 0.495 e. The van der Waals surface area contributed by atoms with E-state index >= 15 is 0 Å². The molecule has 0 aliphatic heterocycles. The summed E-state index contributed by atoms with van der Waals surface area (Å²) in [7, 11) is 1.68. The normalized spacial score (nSPS) is 14.4. The molecule has 1 saturated carbocycles. The molecule has 140 valence electrons. The van der Waals surface area contributed by atoms with Crippen molar-refractivity contribution >= 4 is 17.4 Å². The summed E-state index contributed by atoms with van der Waals surface area (Å²) in [4.78, 5) is 0. The number of rotatable bonds is 7. The van der Waals surface area contributed by atoms with Crippen molar-refractivity contribution in [2.75, 3.05) is 12.4 Å². The third kappa shape index (κ3) is 4.11. The number of benzene rings is 2. The molecule has 0 unspecified atom stereocenters. The van der Waals surface area contributed by atoms with Crippen LogP contribution in [0, 0.1) is 0 Å². The first kappa shape index (κ1) is 17.9. The molecule has 4 rings (SSSR count). The van der Waals surface area contributed by atoms with Gasteiger partial charge in [0.1, 0.15) is 5.75 Å². The smallest absolute Gasteiger partial charge is 0.196 e. The van der Waals surface area contributed by atoms with Crippen LogP contribution in [0.3, 0.4) is 0 Å². The highest BCUT2D eigenvalue weighted by atomic mass is 32.2. The topological polar surface area (TPSA) is 52.0 Å². The average molecular weight is 381 g/mol. The fourth-order valence-electron chi connectivity index (χ4n) is 3.45. The van der Waals surface area contributed by atoms with Gasteiger partial charge in [-0.15, -0.1) is 10.2 Å². The number of aromatic nitrogens is 3.